The third-order valence-corrected chi connectivity index (χ3v) is 4.63. The van der Waals surface area contributed by atoms with Crippen molar-refractivity contribution in [1.82, 2.24) is 10.9 Å². The quantitative estimate of drug-likeness (QED) is 0.288. The Morgan fingerprint density at radius 2 is 0.889 bits per heavy atom. The average Bonchev–Trinajstić information content (AvgIpc) is 2.85. The van der Waals surface area contributed by atoms with Gasteiger partial charge in [0.2, 0.25) is 11.8 Å². The molecule has 0 radical (unpaired) electrons. The lowest BCUT2D eigenvalue weighted by atomic mass is 10.2. The summed E-state index contributed by atoms with van der Waals surface area (Å²) in [6.07, 6.45) is 2.99. The predicted octanol–water partition coefficient (Wildman–Crippen LogP) is 3.13. The third kappa shape index (κ3) is 8.03. The molecule has 10 heteroatoms. The van der Waals surface area contributed by atoms with Crippen LogP contribution in [0.15, 0.2) is 83.0 Å². The molecule has 3 aromatic rings. The van der Waals surface area contributed by atoms with Crippen LogP contribution in [0.1, 0.15) is 45.7 Å². The van der Waals surface area contributed by atoms with Gasteiger partial charge in [-0.3, -0.25) is 19.2 Å². The maximum absolute atomic E-state index is 12.2. The van der Waals surface area contributed by atoms with E-state index in [1.807, 2.05) is 0 Å². The molecule has 3 rings (SSSR count). The molecule has 0 fully saturated rings. The summed E-state index contributed by atoms with van der Waals surface area (Å²) < 4.78 is 0. The summed E-state index contributed by atoms with van der Waals surface area (Å²) in [6.45, 7) is 2.82. The number of hydrazone groups is 2. The fourth-order valence-corrected chi connectivity index (χ4v) is 2.94. The SMILES string of the molecule is CC(=O)Nc1ccc(C(=O)NN=Cc2ccc(C=NNC(=O)c3ccc(NC(C)=O)cc3)cc2)cc1. The normalized spacial score (nSPS) is 10.7. The topological polar surface area (TPSA) is 141 Å². The molecule has 0 unspecified atom stereocenters. The molecule has 0 atom stereocenters. The summed E-state index contributed by atoms with van der Waals surface area (Å²) in [5, 5.41) is 13.2. The van der Waals surface area contributed by atoms with Crippen LogP contribution in [0.3, 0.4) is 0 Å². The van der Waals surface area contributed by atoms with Crippen molar-refractivity contribution >= 4 is 47.4 Å². The first-order valence-corrected chi connectivity index (χ1v) is 10.8. The molecular weight excluding hydrogens is 460 g/mol. The molecule has 10 nitrogen and oxygen atoms in total. The van der Waals surface area contributed by atoms with E-state index in [-0.39, 0.29) is 23.6 Å². The zero-order valence-electron chi connectivity index (χ0n) is 19.6. The summed E-state index contributed by atoms with van der Waals surface area (Å²) in [5.41, 5.74) is 8.39. The van der Waals surface area contributed by atoms with Crippen molar-refractivity contribution in [2.24, 2.45) is 10.2 Å². The fourth-order valence-electron chi connectivity index (χ4n) is 2.94. The van der Waals surface area contributed by atoms with Crippen molar-refractivity contribution in [3.63, 3.8) is 0 Å². The van der Waals surface area contributed by atoms with Gasteiger partial charge in [0.1, 0.15) is 0 Å². The predicted molar refractivity (Wildman–Crippen MR) is 138 cm³/mol. The number of nitrogens with zero attached hydrogens (tertiary/aromatic N) is 2. The number of carbonyl (C=O) groups excluding carboxylic acids is 4. The molecule has 36 heavy (non-hydrogen) atoms. The highest BCUT2D eigenvalue weighted by Crippen LogP contribution is 2.10. The van der Waals surface area contributed by atoms with Gasteiger partial charge in [0.15, 0.2) is 0 Å². The van der Waals surface area contributed by atoms with E-state index in [1.165, 1.54) is 26.3 Å². The molecular formula is C26H24N6O4. The molecule has 0 aliphatic carbocycles. The van der Waals surface area contributed by atoms with Crippen LogP contribution in [-0.2, 0) is 9.59 Å². The number of benzene rings is 3. The van der Waals surface area contributed by atoms with Gasteiger partial charge < -0.3 is 10.6 Å². The summed E-state index contributed by atoms with van der Waals surface area (Å²) in [6, 6.07) is 20.0. The lowest BCUT2D eigenvalue weighted by Gasteiger charge is -2.04. The van der Waals surface area contributed by atoms with Crippen molar-refractivity contribution in [1.29, 1.82) is 0 Å². The fraction of sp³-hybridized carbons (Fsp3) is 0.0769. The van der Waals surface area contributed by atoms with E-state index < -0.39 is 0 Å². The average molecular weight is 485 g/mol. The summed E-state index contributed by atoms with van der Waals surface area (Å²) in [4.78, 5) is 46.5. The Bertz CT molecular complexity index is 1200. The highest BCUT2D eigenvalue weighted by Gasteiger charge is 2.05. The van der Waals surface area contributed by atoms with Crippen molar-refractivity contribution in [3.05, 3.63) is 95.1 Å². The van der Waals surface area contributed by atoms with Crippen LogP contribution in [0.2, 0.25) is 0 Å². The van der Waals surface area contributed by atoms with Crippen LogP contribution in [0.25, 0.3) is 0 Å². The Labute approximate surface area is 207 Å². The van der Waals surface area contributed by atoms with Crippen LogP contribution in [0.4, 0.5) is 11.4 Å². The lowest BCUT2D eigenvalue weighted by molar-refractivity contribution is -0.115. The van der Waals surface area contributed by atoms with E-state index in [0.29, 0.717) is 22.5 Å². The number of anilines is 2. The van der Waals surface area contributed by atoms with Crippen LogP contribution >= 0.6 is 0 Å². The maximum Gasteiger partial charge on any atom is 0.271 e. The number of nitrogens with one attached hydrogen (secondary N) is 4. The molecule has 0 aromatic heterocycles. The molecule has 0 spiro atoms. The van der Waals surface area contributed by atoms with Crippen LogP contribution in [0.5, 0.6) is 0 Å². The number of hydrogen-bond acceptors (Lipinski definition) is 6. The van der Waals surface area contributed by atoms with Crippen LogP contribution in [-0.4, -0.2) is 36.1 Å². The Hall–Kier alpha value is -5.12. The Kier molecular flexibility index (Phi) is 8.76. The van der Waals surface area contributed by atoms with Gasteiger partial charge in [0.25, 0.3) is 11.8 Å². The van der Waals surface area contributed by atoms with Gasteiger partial charge >= 0.3 is 0 Å². The molecule has 4 N–H and O–H groups in total. The zero-order chi connectivity index (χ0) is 25.9. The van der Waals surface area contributed by atoms with Gasteiger partial charge in [-0.1, -0.05) is 24.3 Å². The summed E-state index contributed by atoms with van der Waals surface area (Å²) in [7, 11) is 0. The second-order valence-corrected chi connectivity index (χ2v) is 7.58. The molecule has 0 bridgehead atoms. The van der Waals surface area contributed by atoms with E-state index in [9.17, 15) is 19.2 Å². The molecule has 3 aromatic carbocycles. The van der Waals surface area contributed by atoms with Crippen molar-refractivity contribution in [2.75, 3.05) is 10.6 Å². The number of rotatable bonds is 8. The van der Waals surface area contributed by atoms with Gasteiger partial charge in [-0.05, 0) is 59.7 Å². The molecule has 0 saturated heterocycles. The third-order valence-electron chi connectivity index (χ3n) is 4.63. The van der Waals surface area contributed by atoms with Crippen LogP contribution < -0.4 is 21.5 Å². The van der Waals surface area contributed by atoms with Gasteiger partial charge in [0.05, 0.1) is 12.4 Å². The highest BCUT2D eigenvalue weighted by molar-refractivity contribution is 5.97. The Morgan fingerprint density at radius 1 is 0.556 bits per heavy atom. The number of hydrogen-bond donors (Lipinski definition) is 4. The van der Waals surface area contributed by atoms with Crippen molar-refractivity contribution in [3.8, 4) is 0 Å². The maximum atomic E-state index is 12.2. The first kappa shape index (κ1) is 25.5. The van der Waals surface area contributed by atoms with Crippen molar-refractivity contribution in [2.45, 2.75) is 13.8 Å². The van der Waals surface area contributed by atoms with Gasteiger partial charge in [0, 0.05) is 36.3 Å². The molecule has 0 aliphatic rings. The Morgan fingerprint density at radius 3 is 1.19 bits per heavy atom. The standard InChI is InChI=1S/C26H24N6O4/c1-17(33)29-23-11-7-21(8-12-23)25(35)31-27-15-19-3-5-20(6-4-19)16-28-32-26(36)22-9-13-24(14-10-22)30-18(2)34/h3-16H,1-2H3,(H,29,33)(H,30,34)(H,31,35)(H,32,36). The minimum Gasteiger partial charge on any atom is -0.326 e. The summed E-state index contributed by atoms with van der Waals surface area (Å²) >= 11 is 0. The first-order chi connectivity index (χ1) is 17.3. The second-order valence-electron chi connectivity index (χ2n) is 7.58. The Balaban J connectivity index is 1.47. The number of carbonyl (C=O) groups is 4. The van der Waals surface area contributed by atoms with E-state index in [1.54, 1.807) is 72.8 Å². The molecule has 0 saturated carbocycles. The zero-order valence-corrected chi connectivity index (χ0v) is 19.6. The minimum absolute atomic E-state index is 0.190. The molecule has 0 heterocycles. The van der Waals surface area contributed by atoms with Crippen molar-refractivity contribution < 1.29 is 19.2 Å². The largest absolute Gasteiger partial charge is 0.326 e. The van der Waals surface area contributed by atoms with Gasteiger partial charge in [-0.2, -0.15) is 10.2 Å². The minimum atomic E-state index is -0.384. The number of amides is 4. The monoisotopic (exact) mass is 484 g/mol. The second kappa shape index (κ2) is 12.4. The highest BCUT2D eigenvalue weighted by atomic mass is 16.2. The molecule has 4 amide bonds. The van der Waals surface area contributed by atoms with Gasteiger partial charge in [-0.15, -0.1) is 0 Å². The van der Waals surface area contributed by atoms with Crippen LogP contribution in [0, 0.1) is 0 Å². The smallest absolute Gasteiger partial charge is 0.271 e. The molecule has 182 valence electrons. The van der Waals surface area contributed by atoms with E-state index in [2.05, 4.69) is 31.7 Å². The van der Waals surface area contributed by atoms with E-state index >= 15 is 0 Å². The summed E-state index contributed by atoms with van der Waals surface area (Å²) in [5.74, 6) is -1.15. The molecule has 0 aliphatic heterocycles. The van der Waals surface area contributed by atoms with Gasteiger partial charge in [-0.25, -0.2) is 10.9 Å². The van der Waals surface area contributed by atoms with E-state index in [0.717, 1.165) is 11.1 Å². The lowest BCUT2D eigenvalue weighted by Crippen LogP contribution is -2.17. The van der Waals surface area contributed by atoms with E-state index in [4.69, 9.17) is 0 Å². The first-order valence-electron chi connectivity index (χ1n) is 10.8.